The zero-order valence-corrected chi connectivity index (χ0v) is 14.0. The molecule has 2 heterocycles. The van der Waals surface area contributed by atoms with Crippen molar-refractivity contribution in [1.29, 1.82) is 0 Å². The van der Waals surface area contributed by atoms with Gasteiger partial charge in [0.25, 0.3) is 0 Å². The molecule has 5 N–H and O–H groups in total. The molecular weight excluding hydrogens is 322 g/mol. The Morgan fingerprint density at radius 2 is 2.20 bits per heavy atom. The van der Waals surface area contributed by atoms with E-state index in [1.165, 1.54) is 0 Å². The first-order chi connectivity index (χ1) is 12.0. The zero-order chi connectivity index (χ0) is 17.7. The Labute approximate surface area is 145 Å². The quantitative estimate of drug-likeness (QED) is 0.578. The predicted octanol–water partition coefficient (Wildman–Crippen LogP) is 0.396. The number of benzene rings is 1. The fourth-order valence-electron chi connectivity index (χ4n) is 2.96. The maximum atomic E-state index is 12.4. The normalized spacial score (nSPS) is 21.2. The summed E-state index contributed by atoms with van der Waals surface area (Å²) in [6.45, 7) is 1.13. The first-order valence-electron chi connectivity index (χ1n) is 8.39. The molecule has 0 aliphatic carbocycles. The van der Waals surface area contributed by atoms with Gasteiger partial charge in [0.05, 0.1) is 12.6 Å². The number of carbonyl (C=O) groups is 1. The molecule has 25 heavy (non-hydrogen) atoms. The summed E-state index contributed by atoms with van der Waals surface area (Å²) in [5.41, 5.74) is 6.42. The second-order valence-electron chi connectivity index (χ2n) is 6.54. The SMILES string of the molecule is NC1(CCC(=O)NC(Cc2ccccc2)c2n[nH]c(=O)[nH]2)CCOC1. The third kappa shape index (κ3) is 4.77. The number of nitrogens with one attached hydrogen (secondary N) is 3. The highest BCUT2D eigenvalue weighted by Crippen LogP contribution is 2.21. The number of ether oxygens (including phenoxy) is 1. The highest BCUT2D eigenvalue weighted by Gasteiger charge is 2.31. The molecular formula is C17H23N5O3. The molecule has 1 saturated heterocycles. The Balaban J connectivity index is 1.64. The van der Waals surface area contributed by atoms with E-state index in [4.69, 9.17) is 10.5 Å². The van der Waals surface area contributed by atoms with Crippen LogP contribution in [-0.2, 0) is 16.0 Å². The largest absolute Gasteiger partial charge is 0.379 e. The number of amides is 1. The number of carbonyl (C=O) groups excluding carboxylic acids is 1. The van der Waals surface area contributed by atoms with Gasteiger partial charge in [0.1, 0.15) is 0 Å². The molecule has 0 saturated carbocycles. The van der Waals surface area contributed by atoms with Gasteiger partial charge in [-0.15, -0.1) is 0 Å². The lowest BCUT2D eigenvalue weighted by Gasteiger charge is -2.22. The summed E-state index contributed by atoms with van der Waals surface area (Å²) >= 11 is 0. The fourth-order valence-corrected chi connectivity index (χ4v) is 2.96. The molecule has 134 valence electrons. The van der Waals surface area contributed by atoms with Crippen molar-refractivity contribution in [1.82, 2.24) is 20.5 Å². The van der Waals surface area contributed by atoms with Crippen LogP contribution < -0.4 is 16.7 Å². The predicted molar refractivity (Wildman–Crippen MR) is 91.8 cm³/mol. The molecule has 8 heteroatoms. The molecule has 2 aromatic rings. The Kier molecular flexibility index (Phi) is 5.30. The number of nitrogens with zero attached hydrogens (tertiary/aromatic N) is 1. The maximum absolute atomic E-state index is 12.4. The lowest BCUT2D eigenvalue weighted by atomic mass is 9.93. The van der Waals surface area contributed by atoms with E-state index >= 15 is 0 Å². The third-order valence-corrected chi connectivity index (χ3v) is 4.45. The van der Waals surface area contributed by atoms with E-state index in [1.54, 1.807) is 0 Å². The van der Waals surface area contributed by atoms with Crippen LogP contribution in [0.5, 0.6) is 0 Å². The van der Waals surface area contributed by atoms with Gasteiger partial charge < -0.3 is 15.8 Å². The summed E-state index contributed by atoms with van der Waals surface area (Å²) in [7, 11) is 0. The van der Waals surface area contributed by atoms with Crippen molar-refractivity contribution >= 4 is 5.91 Å². The topological polar surface area (TPSA) is 126 Å². The number of aromatic nitrogens is 3. The number of rotatable bonds is 7. The smallest absolute Gasteiger partial charge is 0.340 e. The van der Waals surface area contributed by atoms with Crippen molar-refractivity contribution < 1.29 is 9.53 Å². The average molecular weight is 345 g/mol. The molecule has 0 spiro atoms. The summed E-state index contributed by atoms with van der Waals surface area (Å²) in [6, 6.07) is 9.31. The molecule has 2 unspecified atom stereocenters. The second kappa shape index (κ2) is 7.62. The highest BCUT2D eigenvalue weighted by atomic mass is 16.5. The summed E-state index contributed by atoms with van der Waals surface area (Å²) in [4.78, 5) is 26.4. The number of hydrogen-bond donors (Lipinski definition) is 4. The van der Waals surface area contributed by atoms with Gasteiger partial charge in [-0.3, -0.25) is 9.78 Å². The monoisotopic (exact) mass is 345 g/mol. The van der Waals surface area contributed by atoms with Crippen molar-refractivity contribution in [3.05, 3.63) is 52.2 Å². The molecule has 2 atom stereocenters. The van der Waals surface area contributed by atoms with E-state index in [1.807, 2.05) is 30.3 Å². The Bertz CT molecular complexity index is 749. The maximum Gasteiger partial charge on any atom is 0.340 e. The first-order valence-corrected chi connectivity index (χ1v) is 8.39. The molecule has 1 amide bonds. The number of aromatic amines is 2. The van der Waals surface area contributed by atoms with Crippen LogP contribution in [-0.4, -0.2) is 39.8 Å². The second-order valence-corrected chi connectivity index (χ2v) is 6.54. The van der Waals surface area contributed by atoms with Crippen LogP contribution in [0.15, 0.2) is 35.1 Å². The Morgan fingerprint density at radius 3 is 2.84 bits per heavy atom. The number of H-pyrrole nitrogens is 2. The van der Waals surface area contributed by atoms with E-state index in [2.05, 4.69) is 20.5 Å². The average Bonchev–Trinajstić information content (AvgIpc) is 3.23. The van der Waals surface area contributed by atoms with Gasteiger partial charge in [0.15, 0.2) is 5.82 Å². The summed E-state index contributed by atoms with van der Waals surface area (Å²) in [6.07, 6.45) is 2.17. The van der Waals surface area contributed by atoms with Gasteiger partial charge in [-0.05, 0) is 24.8 Å². The van der Waals surface area contributed by atoms with Crippen LogP contribution in [0, 0.1) is 0 Å². The van der Waals surface area contributed by atoms with Crippen LogP contribution in [0.4, 0.5) is 0 Å². The van der Waals surface area contributed by atoms with Gasteiger partial charge in [-0.2, -0.15) is 5.10 Å². The van der Waals surface area contributed by atoms with Crippen LogP contribution in [0.1, 0.15) is 36.7 Å². The number of nitrogens with two attached hydrogens (primary N) is 1. The third-order valence-electron chi connectivity index (χ3n) is 4.45. The van der Waals surface area contributed by atoms with Crippen LogP contribution >= 0.6 is 0 Å². The molecule has 1 aromatic carbocycles. The van der Waals surface area contributed by atoms with E-state index in [0.29, 0.717) is 38.3 Å². The van der Waals surface area contributed by atoms with Crippen LogP contribution in [0.3, 0.4) is 0 Å². The van der Waals surface area contributed by atoms with Crippen molar-refractivity contribution in [3.63, 3.8) is 0 Å². The van der Waals surface area contributed by atoms with Gasteiger partial charge in [0.2, 0.25) is 5.91 Å². The van der Waals surface area contributed by atoms with Crippen LogP contribution in [0.2, 0.25) is 0 Å². The molecule has 1 aliphatic heterocycles. The van der Waals surface area contributed by atoms with E-state index in [9.17, 15) is 9.59 Å². The molecule has 0 bridgehead atoms. The van der Waals surface area contributed by atoms with Crippen LogP contribution in [0.25, 0.3) is 0 Å². The standard InChI is InChI=1S/C17H23N5O3/c18-17(8-9-25-11-17)7-6-14(23)19-13(15-20-16(24)22-21-15)10-12-4-2-1-3-5-12/h1-5,13H,6-11,18H2,(H,19,23)(H2,20,21,22,24). The van der Waals surface area contributed by atoms with Gasteiger partial charge in [-0.1, -0.05) is 30.3 Å². The fraction of sp³-hybridized carbons (Fsp3) is 0.471. The molecule has 1 aromatic heterocycles. The van der Waals surface area contributed by atoms with Gasteiger partial charge in [-0.25, -0.2) is 9.89 Å². The van der Waals surface area contributed by atoms with Crippen molar-refractivity contribution in [2.75, 3.05) is 13.2 Å². The van der Waals surface area contributed by atoms with Crippen molar-refractivity contribution in [3.8, 4) is 0 Å². The van der Waals surface area contributed by atoms with Gasteiger partial charge >= 0.3 is 5.69 Å². The lowest BCUT2D eigenvalue weighted by molar-refractivity contribution is -0.122. The summed E-state index contributed by atoms with van der Waals surface area (Å²) in [5, 5.41) is 9.25. The minimum atomic E-state index is -0.424. The summed E-state index contributed by atoms with van der Waals surface area (Å²) < 4.78 is 5.31. The highest BCUT2D eigenvalue weighted by molar-refractivity contribution is 5.76. The van der Waals surface area contributed by atoms with E-state index < -0.39 is 17.3 Å². The Morgan fingerprint density at radius 1 is 1.40 bits per heavy atom. The van der Waals surface area contributed by atoms with E-state index in [0.717, 1.165) is 12.0 Å². The van der Waals surface area contributed by atoms with Crippen molar-refractivity contribution in [2.24, 2.45) is 5.73 Å². The number of hydrogen-bond acceptors (Lipinski definition) is 5. The molecule has 0 radical (unpaired) electrons. The minimum Gasteiger partial charge on any atom is -0.379 e. The van der Waals surface area contributed by atoms with Crippen molar-refractivity contribution in [2.45, 2.75) is 37.3 Å². The minimum absolute atomic E-state index is 0.124. The summed E-state index contributed by atoms with van der Waals surface area (Å²) in [5.74, 6) is 0.287. The zero-order valence-electron chi connectivity index (χ0n) is 14.0. The lowest BCUT2D eigenvalue weighted by Crippen LogP contribution is -2.42. The molecule has 1 aliphatic rings. The first kappa shape index (κ1) is 17.4. The van der Waals surface area contributed by atoms with E-state index in [-0.39, 0.29) is 5.91 Å². The molecule has 3 rings (SSSR count). The molecule has 1 fully saturated rings. The molecule has 8 nitrogen and oxygen atoms in total. The Hall–Kier alpha value is -2.45. The van der Waals surface area contributed by atoms with Gasteiger partial charge in [0, 0.05) is 18.6 Å².